The number of pyridine rings is 1. The molecule has 2 rings (SSSR count). The highest BCUT2D eigenvalue weighted by Crippen LogP contribution is 2.23. The number of hydrogen-bond donors (Lipinski definition) is 1. The highest BCUT2D eigenvalue weighted by Gasteiger charge is 2.14. The quantitative estimate of drug-likeness (QED) is 0.874. The van der Waals surface area contributed by atoms with Crippen LogP contribution in [0.25, 0.3) is 10.8 Å². The third-order valence-corrected chi connectivity index (χ3v) is 3.07. The molecule has 0 saturated heterocycles. The van der Waals surface area contributed by atoms with Crippen LogP contribution in [0.2, 0.25) is 0 Å². The summed E-state index contributed by atoms with van der Waals surface area (Å²) in [5.41, 5.74) is 1.28. The molecule has 1 atom stereocenters. The zero-order valence-corrected chi connectivity index (χ0v) is 11.4. The van der Waals surface area contributed by atoms with Gasteiger partial charge in [0, 0.05) is 30.4 Å². The first-order valence-electron chi connectivity index (χ1n) is 6.43. The largest absolute Gasteiger partial charge is 0.309 e. The Morgan fingerprint density at radius 3 is 2.72 bits per heavy atom. The number of aromatic nitrogens is 1. The Balaban J connectivity index is 2.43. The van der Waals surface area contributed by atoms with Crippen LogP contribution in [0.3, 0.4) is 0 Å². The molecule has 0 amide bonds. The van der Waals surface area contributed by atoms with Crippen LogP contribution in [-0.4, -0.2) is 37.1 Å². The molecule has 18 heavy (non-hydrogen) atoms. The van der Waals surface area contributed by atoms with E-state index in [1.165, 1.54) is 16.3 Å². The van der Waals surface area contributed by atoms with Crippen LogP contribution in [0.1, 0.15) is 18.5 Å². The summed E-state index contributed by atoms with van der Waals surface area (Å²) < 4.78 is 0. The number of benzene rings is 1. The van der Waals surface area contributed by atoms with Gasteiger partial charge in [0.15, 0.2) is 0 Å². The molecule has 1 N–H and O–H groups in total. The second-order valence-electron chi connectivity index (χ2n) is 4.82. The van der Waals surface area contributed by atoms with E-state index in [2.05, 4.69) is 60.5 Å². The maximum absolute atomic E-state index is 4.36. The molecule has 0 aliphatic rings. The first-order chi connectivity index (χ1) is 8.72. The summed E-state index contributed by atoms with van der Waals surface area (Å²) in [5, 5.41) is 6.04. The van der Waals surface area contributed by atoms with Gasteiger partial charge in [-0.05, 0) is 31.6 Å². The molecule has 96 valence electrons. The highest BCUT2D eigenvalue weighted by molar-refractivity contribution is 5.85. The maximum Gasteiger partial charge on any atom is 0.0470 e. The van der Waals surface area contributed by atoms with Gasteiger partial charge in [0.25, 0.3) is 0 Å². The molecule has 1 aromatic heterocycles. The van der Waals surface area contributed by atoms with E-state index in [9.17, 15) is 0 Å². The number of hydrogen-bond acceptors (Lipinski definition) is 3. The second-order valence-corrected chi connectivity index (χ2v) is 4.82. The summed E-state index contributed by atoms with van der Waals surface area (Å²) in [4.78, 5) is 6.57. The monoisotopic (exact) mass is 243 g/mol. The van der Waals surface area contributed by atoms with Crippen molar-refractivity contribution in [2.45, 2.75) is 13.0 Å². The molecule has 0 bridgehead atoms. The average Bonchev–Trinajstić information content (AvgIpc) is 2.37. The van der Waals surface area contributed by atoms with Gasteiger partial charge >= 0.3 is 0 Å². The molecule has 1 unspecified atom stereocenters. The molecule has 3 heteroatoms. The molecular formula is C15H21N3. The highest BCUT2D eigenvalue weighted by atomic mass is 15.1. The van der Waals surface area contributed by atoms with Gasteiger partial charge < -0.3 is 10.2 Å². The van der Waals surface area contributed by atoms with Crippen molar-refractivity contribution in [2.75, 3.05) is 27.2 Å². The van der Waals surface area contributed by atoms with Crippen LogP contribution in [-0.2, 0) is 0 Å². The molecule has 2 aromatic rings. The van der Waals surface area contributed by atoms with Gasteiger partial charge in [0.1, 0.15) is 0 Å². The van der Waals surface area contributed by atoms with E-state index in [0.717, 1.165) is 13.1 Å². The zero-order chi connectivity index (χ0) is 13.0. The summed E-state index contributed by atoms with van der Waals surface area (Å²) in [7, 11) is 4.20. The molecule has 1 heterocycles. The molecule has 0 saturated carbocycles. The number of rotatable bonds is 5. The lowest BCUT2D eigenvalue weighted by Gasteiger charge is -2.23. The summed E-state index contributed by atoms with van der Waals surface area (Å²) in [5.74, 6) is 0. The van der Waals surface area contributed by atoms with Gasteiger partial charge in [-0.15, -0.1) is 0 Å². The van der Waals surface area contributed by atoms with Crippen molar-refractivity contribution < 1.29 is 0 Å². The normalized spacial score (nSPS) is 13.1. The summed E-state index contributed by atoms with van der Waals surface area (Å²) in [6.07, 6.45) is 3.91. The number of nitrogens with zero attached hydrogens (tertiary/aromatic N) is 2. The Morgan fingerprint density at radius 2 is 2.00 bits per heavy atom. The smallest absolute Gasteiger partial charge is 0.0470 e. The third-order valence-electron chi connectivity index (χ3n) is 3.07. The Bertz CT molecular complexity index is 503. The van der Waals surface area contributed by atoms with Crippen LogP contribution in [0, 0.1) is 0 Å². The van der Waals surface area contributed by atoms with Gasteiger partial charge in [-0.1, -0.05) is 31.2 Å². The van der Waals surface area contributed by atoms with E-state index >= 15 is 0 Å². The number of fused-ring (bicyclic) bond motifs is 1. The Morgan fingerprint density at radius 1 is 1.22 bits per heavy atom. The van der Waals surface area contributed by atoms with Gasteiger partial charge in [-0.3, -0.25) is 4.98 Å². The van der Waals surface area contributed by atoms with E-state index in [1.54, 1.807) is 0 Å². The first-order valence-corrected chi connectivity index (χ1v) is 6.43. The van der Waals surface area contributed by atoms with E-state index in [1.807, 2.05) is 12.4 Å². The van der Waals surface area contributed by atoms with E-state index in [4.69, 9.17) is 0 Å². The lowest BCUT2D eigenvalue weighted by atomic mass is 10.0. The SMILES string of the molecule is CCNC(CN(C)C)c1cncc2ccccc12. The second kappa shape index (κ2) is 5.94. The molecule has 0 fully saturated rings. The Kier molecular flexibility index (Phi) is 4.28. The van der Waals surface area contributed by atoms with Crippen LogP contribution in [0.5, 0.6) is 0 Å². The van der Waals surface area contributed by atoms with Gasteiger partial charge in [-0.25, -0.2) is 0 Å². The molecule has 0 aliphatic carbocycles. The van der Waals surface area contributed by atoms with Crippen molar-refractivity contribution in [3.8, 4) is 0 Å². The zero-order valence-electron chi connectivity index (χ0n) is 11.4. The topological polar surface area (TPSA) is 28.2 Å². The summed E-state index contributed by atoms with van der Waals surface area (Å²) in [6, 6.07) is 8.76. The molecule has 0 radical (unpaired) electrons. The van der Waals surface area contributed by atoms with Gasteiger partial charge in [0.2, 0.25) is 0 Å². The fraction of sp³-hybridized carbons (Fsp3) is 0.400. The van der Waals surface area contributed by atoms with E-state index < -0.39 is 0 Å². The van der Waals surface area contributed by atoms with Crippen molar-refractivity contribution in [1.82, 2.24) is 15.2 Å². The number of nitrogens with one attached hydrogen (secondary N) is 1. The summed E-state index contributed by atoms with van der Waals surface area (Å²) >= 11 is 0. The van der Waals surface area contributed by atoms with Crippen molar-refractivity contribution in [3.05, 3.63) is 42.2 Å². The van der Waals surface area contributed by atoms with Crippen LogP contribution >= 0.6 is 0 Å². The van der Waals surface area contributed by atoms with Crippen molar-refractivity contribution in [1.29, 1.82) is 0 Å². The molecule has 3 nitrogen and oxygen atoms in total. The standard InChI is InChI=1S/C15H21N3/c1-4-17-15(11-18(2)3)14-10-16-9-12-7-5-6-8-13(12)14/h5-10,15,17H,4,11H2,1-3H3. The maximum atomic E-state index is 4.36. The van der Waals surface area contributed by atoms with E-state index in [0.29, 0.717) is 6.04 Å². The lowest BCUT2D eigenvalue weighted by Crippen LogP contribution is -2.31. The average molecular weight is 243 g/mol. The molecule has 0 aliphatic heterocycles. The predicted octanol–water partition coefficient (Wildman–Crippen LogP) is 2.45. The van der Waals surface area contributed by atoms with Crippen LogP contribution in [0.4, 0.5) is 0 Å². The fourth-order valence-electron chi connectivity index (χ4n) is 2.30. The Labute approximate surface area is 109 Å². The van der Waals surface area contributed by atoms with Crippen LogP contribution < -0.4 is 5.32 Å². The minimum atomic E-state index is 0.323. The minimum absolute atomic E-state index is 0.323. The number of likely N-dealkylation sites (N-methyl/N-ethyl adjacent to an activating group) is 2. The minimum Gasteiger partial charge on any atom is -0.309 e. The molecule has 0 spiro atoms. The predicted molar refractivity (Wildman–Crippen MR) is 76.7 cm³/mol. The molecule has 1 aromatic carbocycles. The van der Waals surface area contributed by atoms with Crippen molar-refractivity contribution >= 4 is 10.8 Å². The first kappa shape index (κ1) is 13.0. The van der Waals surface area contributed by atoms with E-state index in [-0.39, 0.29) is 0 Å². The third kappa shape index (κ3) is 2.86. The van der Waals surface area contributed by atoms with Crippen molar-refractivity contribution in [2.24, 2.45) is 0 Å². The van der Waals surface area contributed by atoms with Crippen LogP contribution in [0.15, 0.2) is 36.7 Å². The van der Waals surface area contributed by atoms with Gasteiger partial charge in [0.05, 0.1) is 0 Å². The fourth-order valence-corrected chi connectivity index (χ4v) is 2.30. The molecular weight excluding hydrogens is 222 g/mol. The summed E-state index contributed by atoms with van der Waals surface area (Å²) in [6.45, 7) is 4.08. The van der Waals surface area contributed by atoms with Crippen molar-refractivity contribution in [3.63, 3.8) is 0 Å². The lowest BCUT2D eigenvalue weighted by molar-refractivity contribution is 0.346. The van der Waals surface area contributed by atoms with Gasteiger partial charge in [-0.2, -0.15) is 0 Å². The Hall–Kier alpha value is -1.45.